The summed E-state index contributed by atoms with van der Waals surface area (Å²) in [6, 6.07) is 8.60. The van der Waals surface area contributed by atoms with Crippen molar-refractivity contribution < 1.29 is 14.3 Å². The van der Waals surface area contributed by atoms with Gasteiger partial charge < -0.3 is 20.7 Å². The number of carbonyl (C=O) groups is 2. The van der Waals surface area contributed by atoms with E-state index in [4.69, 9.17) is 10.5 Å². The predicted octanol–water partition coefficient (Wildman–Crippen LogP) is 3.13. The summed E-state index contributed by atoms with van der Waals surface area (Å²) in [4.78, 5) is 36.1. The van der Waals surface area contributed by atoms with Crippen LogP contribution in [0.1, 0.15) is 46.2 Å². The number of aromatic nitrogens is 3. The van der Waals surface area contributed by atoms with E-state index in [1.807, 2.05) is 18.9 Å². The summed E-state index contributed by atoms with van der Waals surface area (Å²) in [5.41, 5.74) is 9.87. The van der Waals surface area contributed by atoms with E-state index in [9.17, 15) is 9.59 Å². The number of aliphatic imine (C=N–C) groups is 1. The van der Waals surface area contributed by atoms with Crippen LogP contribution in [0, 0.1) is 12.8 Å². The van der Waals surface area contributed by atoms with Crippen molar-refractivity contribution in [3.8, 4) is 17.1 Å². The molecule has 2 aliphatic heterocycles. The van der Waals surface area contributed by atoms with Gasteiger partial charge in [-0.1, -0.05) is 6.92 Å². The van der Waals surface area contributed by atoms with Gasteiger partial charge >= 0.3 is 0 Å². The molecule has 2 amide bonds. The average Bonchev–Trinajstić information content (AvgIpc) is 3.35. The first-order valence-corrected chi connectivity index (χ1v) is 11.6. The molecule has 1 aromatic carbocycles. The van der Waals surface area contributed by atoms with Crippen LogP contribution in [0.4, 0.5) is 11.4 Å². The van der Waals surface area contributed by atoms with Crippen LogP contribution >= 0.6 is 0 Å². The van der Waals surface area contributed by atoms with Crippen molar-refractivity contribution in [2.24, 2.45) is 23.7 Å². The maximum absolute atomic E-state index is 13.3. The molecule has 2 aliphatic rings. The van der Waals surface area contributed by atoms with Crippen LogP contribution < -0.4 is 20.7 Å². The number of nitrogens with one attached hydrogen (secondary N) is 1. The molecule has 4 heterocycles. The van der Waals surface area contributed by atoms with Gasteiger partial charge in [0, 0.05) is 30.4 Å². The fraction of sp³-hybridized carbons (Fsp3) is 0.320. The lowest BCUT2D eigenvalue weighted by Gasteiger charge is -2.23. The van der Waals surface area contributed by atoms with Gasteiger partial charge in [-0.2, -0.15) is 10.1 Å². The van der Waals surface area contributed by atoms with Crippen molar-refractivity contribution in [1.29, 1.82) is 0 Å². The van der Waals surface area contributed by atoms with Gasteiger partial charge in [0.05, 0.1) is 35.4 Å². The van der Waals surface area contributed by atoms with Gasteiger partial charge in [-0.15, -0.1) is 0 Å². The lowest BCUT2D eigenvalue weighted by molar-refractivity contribution is 0.0993. The number of nitrogens with two attached hydrogens (primary N) is 1. The van der Waals surface area contributed by atoms with Crippen LogP contribution in [0.3, 0.4) is 0 Å². The maximum atomic E-state index is 13.3. The molecule has 2 aromatic heterocycles. The molecule has 0 spiro atoms. The first kappa shape index (κ1) is 22.6. The number of rotatable bonds is 1. The first-order valence-electron chi connectivity index (χ1n) is 11.6. The maximum Gasteiger partial charge on any atom is 0.280 e. The minimum absolute atomic E-state index is 0.255. The third-order valence-corrected chi connectivity index (χ3v) is 6.22. The highest BCUT2D eigenvalue weighted by atomic mass is 16.5. The Hall–Kier alpha value is -4.21. The summed E-state index contributed by atoms with van der Waals surface area (Å²) in [7, 11) is 1.82. The molecular formula is C25H27N7O3. The van der Waals surface area contributed by atoms with Crippen molar-refractivity contribution in [3.63, 3.8) is 0 Å². The van der Waals surface area contributed by atoms with Crippen LogP contribution in [0.2, 0.25) is 0 Å². The fourth-order valence-electron chi connectivity index (χ4n) is 4.46. The molecule has 3 aromatic rings. The highest BCUT2D eigenvalue weighted by molar-refractivity contribution is 6.19. The zero-order chi connectivity index (χ0) is 24.7. The largest absolute Gasteiger partial charge is 0.477 e. The number of benzene rings is 1. The number of anilines is 2. The molecule has 5 rings (SSSR count). The Kier molecular flexibility index (Phi) is 5.72. The first-order chi connectivity index (χ1) is 16.8. The van der Waals surface area contributed by atoms with Crippen molar-refractivity contribution >= 4 is 29.1 Å². The average molecular weight is 474 g/mol. The van der Waals surface area contributed by atoms with Crippen molar-refractivity contribution in [3.05, 3.63) is 53.3 Å². The normalized spacial score (nSPS) is 19.2. The highest BCUT2D eigenvalue weighted by Crippen LogP contribution is 2.35. The lowest BCUT2D eigenvalue weighted by atomic mass is 10.0. The SMILES string of the molecule is Cc1cc2cc(n1)-c1cnn(C)c1OCCC[C@@H](C)CN1/C(=N/C2=O)Nc2ccc(C(N)=O)cc21. The number of fused-ring (bicyclic) bond motifs is 7. The number of primary amides is 1. The van der Waals surface area contributed by atoms with E-state index in [1.54, 1.807) is 41.2 Å². The second kappa shape index (κ2) is 8.86. The van der Waals surface area contributed by atoms with E-state index in [2.05, 4.69) is 27.3 Å². The van der Waals surface area contributed by atoms with Gasteiger partial charge in [0.25, 0.3) is 5.91 Å². The number of carbonyl (C=O) groups excluding carboxylic acids is 2. The van der Waals surface area contributed by atoms with E-state index in [0.717, 1.165) is 29.8 Å². The molecule has 0 saturated carbocycles. The van der Waals surface area contributed by atoms with E-state index >= 15 is 0 Å². The van der Waals surface area contributed by atoms with Gasteiger partial charge in [-0.05, 0) is 56.0 Å². The number of hydrogen-bond acceptors (Lipinski definition) is 7. The van der Waals surface area contributed by atoms with Crippen molar-refractivity contribution in [1.82, 2.24) is 14.8 Å². The summed E-state index contributed by atoms with van der Waals surface area (Å²) in [6.07, 6.45) is 3.42. The number of nitrogens with zero attached hydrogens (tertiary/aromatic N) is 5. The van der Waals surface area contributed by atoms with E-state index in [0.29, 0.717) is 47.5 Å². The molecule has 3 N–H and O–H groups in total. The Labute approximate surface area is 202 Å². The Morgan fingerprint density at radius 2 is 2.09 bits per heavy atom. The molecule has 2 bridgehead atoms. The predicted molar refractivity (Wildman–Crippen MR) is 133 cm³/mol. The molecule has 0 fully saturated rings. The second-order valence-corrected chi connectivity index (χ2v) is 9.04. The third kappa shape index (κ3) is 4.34. The number of amides is 2. The summed E-state index contributed by atoms with van der Waals surface area (Å²) in [5.74, 6) is 0.380. The summed E-state index contributed by atoms with van der Waals surface area (Å²) >= 11 is 0. The highest BCUT2D eigenvalue weighted by Gasteiger charge is 2.29. The number of aryl methyl sites for hydroxylation is 2. The number of hydrogen-bond donors (Lipinski definition) is 2. The van der Waals surface area contributed by atoms with E-state index in [1.165, 1.54) is 0 Å². The number of pyridine rings is 1. The van der Waals surface area contributed by atoms with E-state index in [-0.39, 0.29) is 5.92 Å². The molecule has 0 unspecified atom stereocenters. The Bertz CT molecular complexity index is 1360. The monoisotopic (exact) mass is 473 g/mol. The van der Waals surface area contributed by atoms with Crippen LogP contribution in [0.5, 0.6) is 5.88 Å². The Morgan fingerprint density at radius 3 is 2.89 bits per heavy atom. The van der Waals surface area contributed by atoms with Crippen LogP contribution in [-0.4, -0.2) is 45.7 Å². The minimum Gasteiger partial charge on any atom is -0.477 e. The summed E-state index contributed by atoms with van der Waals surface area (Å²) in [5, 5.41) is 7.57. The summed E-state index contributed by atoms with van der Waals surface area (Å²) in [6.45, 7) is 5.10. The molecule has 10 heteroatoms. The van der Waals surface area contributed by atoms with Crippen LogP contribution in [0.25, 0.3) is 11.3 Å². The number of ether oxygens (including phenoxy) is 1. The number of guanidine groups is 1. The standard InChI is InChI=1S/C25H27N7O3/c1-14-5-4-8-35-24-18(12-27-31(24)3)20-10-17(9-15(2)28-20)23(34)30-25-29-19-7-6-16(22(26)33)11-21(19)32(25)13-14/h6-7,9-12,14H,4-5,8,13H2,1-3H3,(H2,26,33)(H,29,30,34)/t14-/m1/s1. The molecule has 180 valence electrons. The molecule has 0 saturated heterocycles. The molecule has 0 radical (unpaired) electrons. The van der Waals surface area contributed by atoms with Gasteiger partial charge in [-0.3, -0.25) is 14.6 Å². The molecule has 35 heavy (non-hydrogen) atoms. The van der Waals surface area contributed by atoms with Gasteiger partial charge in [0.15, 0.2) is 0 Å². The molecule has 10 nitrogen and oxygen atoms in total. The second-order valence-electron chi connectivity index (χ2n) is 9.04. The van der Waals surface area contributed by atoms with Gasteiger partial charge in [0.1, 0.15) is 0 Å². The zero-order valence-electron chi connectivity index (χ0n) is 19.9. The quantitative estimate of drug-likeness (QED) is 0.556. The zero-order valence-corrected chi connectivity index (χ0v) is 19.9. The van der Waals surface area contributed by atoms with Crippen molar-refractivity contribution in [2.45, 2.75) is 26.7 Å². The van der Waals surface area contributed by atoms with Gasteiger partial charge in [-0.25, -0.2) is 4.68 Å². The smallest absolute Gasteiger partial charge is 0.280 e. The Balaban J connectivity index is 1.60. The molecule has 1 atom stereocenters. The van der Waals surface area contributed by atoms with Gasteiger partial charge in [0.2, 0.25) is 17.7 Å². The van der Waals surface area contributed by atoms with Crippen LogP contribution in [-0.2, 0) is 7.05 Å². The molecular weight excluding hydrogens is 446 g/mol. The minimum atomic E-state index is -0.508. The fourth-order valence-corrected chi connectivity index (χ4v) is 4.46. The Morgan fingerprint density at radius 1 is 1.26 bits per heavy atom. The third-order valence-electron chi connectivity index (χ3n) is 6.22. The molecule has 0 aliphatic carbocycles. The summed E-state index contributed by atoms with van der Waals surface area (Å²) < 4.78 is 7.78. The van der Waals surface area contributed by atoms with Crippen molar-refractivity contribution in [2.75, 3.05) is 23.4 Å². The lowest BCUT2D eigenvalue weighted by Crippen LogP contribution is -2.35. The van der Waals surface area contributed by atoms with Crippen LogP contribution in [0.15, 0.2) is 41.5 Å². The topological polar surface area (TPSA) is 128 Å². The van der Waals surface area contributed by atoms with E-state index < -0.39 is 11.8 Å².